The van der Waals surface area contributed by atoms with E-state index in [0.717, 1.165) is 36.5 Å². The lowest BCUT2D eigenvalue weighted by Crippen LogP contribution is -2.51. The predicted molar refractivity (Wildman–Crippen MR) is 148 cm³/mol. The fourth-order valence-corrected chi connectivity index (χ4v) is 6.03. The lowest BCUT2D eigenvalue weighted by molar-refractivity contribution is -0.142. The van der Waals surface area contributed by atoms with Gasteiger partial charge in [-0.25, -0.2) is 13.1 Å². The van der Waals surface area contributed by atoms with Crippen molar-refractivity contribution in [1.82, 2.24) is 4.72 Å². The minimum absolute atomic E-state index is 0.0774. The number of nitrogens with zero attached hydrogens (tertiary/aromatic N) is 1. The Morgan fingerprint density at radius 2 is 1.68 bits per heavy atom. The van der Waals surface area contributed by atoms with Crippen molar-refractivity contribution < 1.29 is 31.5 Å². The van der Waals surface area contributed by atoms with Crippen LogP contribution in [0.5, 0.6) is 0 Å². The van der Waals surface area contributed by atoms with E-state index in [2.05, 4.69) is 10.0 Å². The fraction of sp³-hybridized carbons (Fsp3) is 0.333. The van der Waals surface area contributed by atoms with E-state index in [1.165, 1.54) is 31.3 Å². The molecule has 1 fully saturated rings. The summed E-state index contributed by atoms with van der Waals surface area (Å²) in [5, 5.41) is 23.5. The van der Waals surface area contributed by atoms with Crippen molar-refractivity contribution in [2.45, 2.75) is 55.2 Å². The molecule has 0 spiro atoms. The highest BCUT2D eigenvalue weighted by molar-refractivity contribution is 7.89. The van der Waals surface area contributed by atoms with Crippen LogP contribution in [0.3, 0.4) is 0 Å². The molecule has 0 heterocycles. The van der Waals surface area contributed by atoms with Gasteiger partial charge in [0.15, 0.2) is 0 Å². The monoisotopic (exact) mass is 585 g/mol. The van der Waals surface area contributed by atoms with E-state index in [-0.39, 0.29) is 17.0 Å². The van der Waals surface area contributed by atoms with E-state index in [1.54, 1.807) is 30.3 Å². The van der Waals surface area contributed by atoms with Crippen LogP contribution in [-0.2, 0) is 27.4 Å². The molecule has 4 rings (SSSR count). The van der Waals surface area contributed by atoms with Crippen molar-refractivity contribution in [2.75, 3.05) is 12.4 Å². The van der Waals surface area contributed by atoms with Gasteiger partial charge in [0, 0.05) is 12.1 Å². The van der Waals surface area contributed by atoms with Crippen LogP contribution in [0.25, 0.3) is 11.1 Å². The van der Waals surface area contributed by atoms with Crippen molar-refractivity contribution in [3.63, 3.8) is 0 Å². The number of hydrogen-bond acceptors (Lipinski definition) is 5. The largest absolute Gasteiger partial charge is 0.417 e. The number of amides is 1. The third-order valence-corrected chi connectivity index (χ3v) is 8.97. The maximum atomic E-state index is 13.6. The van der Waals surface area contributed by atoms with Gasteiger partial charge >= 0.3 is 6.18 Å². The van der Waals surface area contributed by atoms with Crippen molar-refractivity contribution in [3.8, 4) is 17.2 Å². The van der Waals surface area contributed by atoms with Gasteiger partial charge < -0.3 is 10.4 Å². The van der Waals surface area contributed by atoms with Gasteiger partial charge in [-0.1, -0.05) is 55.7 Å². The number of anilines is 1. The second-order valence-corrected chi connectivity index (χ2v) is 12.1. The summed E-state index contributed by atoms with van der Waals surface area (Å²) >= 11 is 0. The van der Waals surface area contributed by atoms with Crippen molar-refractivity contribution in [1.29, 1.82) is 5.26 Å². The molecule has 0 radical (unpaired) electrons. The molecule has 1 aliphatic carbocycles. The molecule has 3 N–H and O–H groups in total. The van der Waals surface area contributed by atoms with Crippen molar-refractivity contribution in [2.24, 2.45) is 5.92 Å². The van der Waals surface area contributed by atoms with Gasteiger partial charge in [0.25, 0.3) is 5.91 Å². The minimum atomic E-state index is -4.79. The van der Waals surface area contributed by atoms with Crippen LogP contribution in [0.2, 0.25) is 0 Å². The lowest BCUT2D eigenvalue weighted by atomic mass is 9.73. The Labute approximate surface area is 237 Å². The number of carbonyl (C=O) groups is 1. The molecule has 0 saturated heterocycles. The first-order valence-corrected chi connectivity index (χ1v) is 14.6. The van der Waals surface area contributed by atoms with E-state index in [1.807, 2.05) is 6.07 Å². The van der Waals surface area contributed by atoms with Crippen LogP contribution >= 0.6 is 0 Å². The highest BCUT2D eigenvalue weighted by Gasteiger charge is 2.44. The molecule has 0 unspecified atom stereocenters. The quantitative estimate of drug-likeness (QED) is 0.316. The smallest absolute Gasteiger partial charge is 0.379 e. The summed E-state index contributed by atoms with van der Waals surface area (Å²) in [6, 6.07) is 17.8. The molecule has 41 heavy (non-hydrogen) atoms. The number of rotatable bonds is 8. The van der Waals surface area contributed by atoms with E-state index in [9.17, 15) is 31.5 Å². The van der Waals surface area contributed by atoms with E-state index in [0.29, 0.717) is 24.5 Å². The molecule has 216 valence electrons. The molecule has 0 aliphatic heterocycles. The summed E-state index contributed by atoms with van der Waals surface area (Å²) in [6.45, 7) is 0. The van der Waals surface area contributed by atoms with E-state index in [4.69, 9.17) is 5.26 Å². The first kappa shape index (κ1) is 30.2. The summed E-state index contributed by atoms with van der Waals surface area (Å²) in [6.07, 6.45) is -1.09. The molecule has 3 aromatic rings. The van der Waals surface area contributed by atoms with Crippen LogP contribution in [0.1, 0.15) is 48.8 Å². The van der Waals surface area contributed by atoms with Gasteiger partial charge in [-0.2, -0.15) is 18.4 Å². The van der Waals surface area contributed by atoms with E-state index >= 15 is 0 Å². The molecule has 1 amide bonds. The Balaban J connectivity index is 1.64. The second-order valence-electron chi connectivity index (χ2n) is 10.2. The first-order chi connectivity index (χ1) is 19.4. The topological polar surface area (TPSA) is 119 Å². The van der Waals surface area contributed by atoms with Crippen LogP contribution in [-0.4, -0.2) is 32.1 Å². The second kappa shape index (κ2) is 12.0. The molecular formula is C30H30F3N3O4S. The molecule has 0 aromatic heterocycles. The van der Waals surface area contributed by atoms with Crippen LogP contribution < -0.4 is 10.0 Å². The maximum absolute atomic E-state index is 13.6. The van der Waals surface area contributed by atoms with Crippen LogP contribution in [0.4, 0.5) is 18.9 Å². The molecule has 1 saturated carbocycles. The number of benzene rings is 3. The fourth-order valence-electron chi connectivity index (χ4n) is 5.30. The Kier molecular flexibility index (Phi) is 8.87. The molecule has 1 aliphatic rings. The number of hydrogen-bond donors (Lipinski definition) is 3. The molecule has 11 heteroatoms. The van der Waals surface area contributed by atoms with Crippen LogP contribution in [0.15, 0.2) is 71.6 Å². The Hall–Kier alpha value is -3.72. The third kappa shape index (κ3) is 6.78. The Bertz CT molecular complexity index is 1560. The first-order valence-electron chi connectivity index (χ1n) is 13.2. The van der Waals surface area contributed by atoms with Crippen molar-refractivity contribution >= 4 is 21.6 Å². The summed E-state index contributed by atoms with van der Waals surface area (Å²) in [7, 11) is -2.27. The van der Waals surface area contributed by atoms with Gasteiger partial charge in [-0.05, 0) is 72.8 Å². The number of carbonyl (C=O) groups excluding carboxylic acids is 1. The highest BCUT2D eigenvalue weighted by atomic mass is 32.2. The number of aliphatic hydroxyl groups is 1. The summed E-state index contributed by atoms with van der Waals surface area (Å²) in [4.78, 5) is 13.7. The number of nitrogens with one attached hydrogen (secondary N) is 2. The average Bonchev–Trinajstić information content (AvgIpc) is 2.97. The Morgan fingerprint density at radius 1 is 1.00 bits per heavy atom. The molecule has 0 bridgehead atoms. The zero-order valence-corrected chi connectivity index (χ0v) is 23.1. The molecule has 1 atom stereocenters. The molecular weight excluding hydrogens is 555 g/mol. The van der Waals surface area contributed by atoms with Crippen molar-refractivity contribution in [3.05, 3.63) is 83.4 Å². The third-order valence-electron chi connectivity index (χ3n) is 7.54. The number of nitriles is 1. The zero-order valence-electron chi connectivity index (χ0n) is 22.3. The number of halogens is 3. The summed E-state index contributed by atoms with van der Waals surface area (Å²) in [5.74, 6) is -1.22. The van der Waals surface area contributed by atoms with Gasteiger partial charge in [0.2, 0.25) is 10.0 Å². The minimum Gasteiger partial charge on any atom is -0.379 e. The molecule has 3 aromatic carbocycles. The van der Waals surface area contributed by atoms with E-state index < -0.39 is 44.8 Å². The molecule has 7 nitrogen and oxygen atoms in total. The van der Waals surface area contributed by atoms with Gasteiger partial charge in [0.05, 0.1) is 22.1 Å². The maximum Gasteiger partial charge on any atom is 0.417 e. The van der Waals surface area contributed by atoms with Gasteiger partial charge in [-0.3, -0.25) is 4.79 Å². The summed E-state index contributed by atoms with van der Waals surface area (Å²) in [5.41, 5.74) is -1.70. The zero-order chi connectivity index (χ0) is 29.8. The predicted octanol–water partition coefficient (Wildman–Crippen LogP) is 5.64. The average molecular weight is 586 g/mol. The SMILES string of the molecule is CNS(=O)(=O)c1ccc(-c2cccc(C[C@](O)(C(=O)Nc3ccc(C#N)c(C(F)(F)F)c3)C3CCCCC3)c2)cc1. The summed E-state index contributed by atoms with van der Waals surface area (Å²) < 4.78 is 66.9. The highest BCUT2D eigenvalue weighted by Crippen LogP contribution is 2.38. The Morgan fingerprint density at radius 3 is 2.29 bits per heavy atom. The normalized spacial score (nSPS) is 16.0. The number of alkyl halides is 3. The standard InChI is InChI=1S/C30H30F3N3O4S/c1-35-41(39,40)26-14-11-21(12-15-26)22-7-5-6-20(16-22)18-29(38,24-8-3-2-4-9-24)28(37)36-25-13-10-23(19-34)27(17-25)30(31,32)33/h5-7,10-17,24,35,38H,2-4,8-9,18H2,1H3,(H,36,37)/t29-/m1/s1. The van der Waals surface area contributed by atoms with Gasteiger partial charge in [0.1, 0.15) is 5.60 Å². The van der Waals surface area contributed by atoms with Gasteiger partial charge in [-0.15, -0.1) is 0 Å². The van der Waals surface area contributed by atoms with Crippen LogP contribution in [0, 0.1) is 17.2 Å². The number of sulfonamides is 1. The lowest BCUT2D eigenvalue weighted by Gasteiger charge is -2.37.